The van der Waals surface area contributed by atoms with E-state index in [0.29, 0.717) is 18.6 Å². The number of amides is 1. The third-order valence-electron chi connectivity index (χ3n) is 8.08. The molecular formula is C35H41N3O5S2Si. The summed E-state index contributed by atoms with van der Waals surface area (Å²) in [5.74, 6) is -0.158. The van der Waals surface area contributed by atoms with Crippen LogP contribution in [0.3, 0.4) is 0 Å². The molecular weight excluding hydrogens is 635 g/mol. The van der Waals surface area contributed by atoms with E-state index in [-0.39, 0.29) is 28.3 Å². The molecule has 1 amide bonds. The molecule has 0 bridgehead atoms. The van der Waals surface area contributed by atoms with Gasteiger partial charge in [-0.1, -0.05) is 121 Å². The maximum atomic E-state index is 13.2. The Hall–Kier alpha value is -3.19. The first kappa shape index (κ1) is 34.1. The van der Waals surface area contributed by atoms with Crippen LogP contribution in [0.25, 0.3) is 0 Å². The minimum atomic E-state index is -2.83. The normalized spacial score (nSPS) is 19.1. The Morgan fingerprint density at radius 2 is 1.59 bits per heavy atom. The molecule has 8 nitrogen and oxygen atoms in total. The highest BCUT2D eigenvalue weighted by Gasteiger charge is 2.51. The first-order chi connectivity index (χ1) is 22.1. The molecule has 1 N–H and O–H groups in total. The standard InChI is InChI=1S/C35H41N3O5S2Si/c1-25(45-44-5)42-29-23-32(38-22-21-31(37-34(38)40)36-33(39)26-15-9-6-10-16-26)43-30(29)24-41-46(35(2,3)4,27-17-11-7-12-18-27)28-19-13-8-14-20-28/h6-22,25,29-30,32H,23-24H2,1-5H3,(H,36,37,39,40)/t25-,29?,30+,32+/m0/s1. The van der Waals surface area contributed by atoms with E-state index in [1.807, 2.05) is 31.4 Å². The summed E-state index contributed by atoms with van der Waals surface area (Å²) in [5, 5.41) is 4.87. The van der Waals surface area contributed by atoms with Gasteiger partial charge in [-0.05, 0) is 46.8 Å². The summed E-state index contributed by atoms with van der Waals surface area (Å²) >= 11 is 0. The third-order valence-corrected chi connectivity index (χ3v) is 15.0. The zero-order chi connectivity index (χ0) is 32.7. The molecule has 0 spiro atoms. The smallest absolute Gasteiger partial charge is 0.351 e. The highest BCUT2D eigenvalue weighted by Crippen LogP contribution is 2.39. The number of nitrogens with one attached hydrogen (secondary N) is 1. The van der Waals surface area contributed by atoms with Crippen LogP contribution in [0, 0.1) is 0 Å². The lowest BCUT2D eigenvalue weighted by molar-refractivity contribution is -0.0615. The lowest BCUT2D eigenvalue weighted by atomic mass is 10.2. The van der Waals surface area contributed by atoms with E-state index in [1.54, 1.807) is 58.1 Å². The summed E-state index contributed by atoms with van der Waals surface area (Å²) in [6.07, 6.45) is 2.73. The number of carbonyl (C=O) groups excluding carboxylic acids is 1. The molecule has 1 aliphatic heterocycles. The second kappa shape index (κ2) is 15.1. The Morgan fingerprint density at radius 1 is 1.00 bits per heavy atom. The predicted octanol–water partition coefficient (Wildman–Crippen LogP) is 6.10. The van der Waals surface area contributed by atoms with Crippen molar-refractivity contribution in [1.82, 2.24) is 9.55 Å². The second-order valence-electron chi connectivity index (χ2n) is 12.2. The molecule has 11 heteroatoms. The number of hydrogen-bond donors (Lipinski definition) is 1. The van der Waals surface area contributed by atoms with Crippen molar-refractivity contribution in [3.63, 3.8) is 0 Å². The summed E-state index contributed by atoms with van der Waals surface area (Å²) in [6, 6.07) is 31.4. The van der Waals surface area contributed by atoms with Crippen LogP contribution in [0.1, 0.15) is 50.7 Å². The van der Waals surface area contributed by atoms with Gasteiger partial charge in [0.15, 0.2) is 0 Å². The van der Waals surface area contributed by atoms with Crippen LogP contribution in [0.4, 0.5) is 5.82 Å². The van der Waals surface area contributed by atoms with Crippen molar-refractivity contribution in [3.05, 3.63) is 119 Å². The molecule has 1 aromatic heterocycles. The number of aromatic nitrogens is 2. The Kier molecular flexibility index (Phi) is 11.2. The first-order valence-electron chi connectivity index (χ1n) is 15.3. The molecule has 1 aliphatic rings. The number of anilines is 1. The maximum Gasteiger partial charge on any atom is 0.351 e. The number of ether oxygens (including phenoxy) is 2. The summed E-state index contributed by atoms with van der Waals surface area (Å²) in [5.41, 5.74) is -0.133. The largest absolute Gasteiger partial charge is 0.405 e. The number of rotatable bonds is 12. The van der Waals surface area contributed by atoms with Gasteiger partial charge in [0.25, 0.3) is 14.2 Å². The molecule has 1 fully saturated rings. The topological polar surface area (TPSA) is 91.7 Å². The predicted molar refractivity (Wildman–Crippen MR) is 190 cm³/mol. The van der Waals surface area contributed by atoms with E-state index in [9.17, 15) is 9.59 Å². The molecule has 5 rings (SSSR count). The van der Waals surface area contributed by atoms with E-state index < -0.39 is 26.3 Å². The molecule has 242 valence electrons. The van der Waals surface area contributed by atoms with Crippen LogP contribution in [0.15, 0.2) is 108 Å². The van der Waals surface area contributed by atoms with E-state index in [1.165, 1.54) is 14.9 Å². The first-order valence-corrected chi connectivity index (χ1v) is 19.9. The number of hydrogen-bond acceptors (Lipinski definition) is 8. The minimum absolute atomic E-state index is 0.0943. The summed E-state index contributed by atoms with van der Waals surface area (Å²) in [7, 11) is 0.443. The summed E-state index contributed by atoms with van der Waals surface area (Å²) in [6.45, 7) is 9.04. The summed E-state index contributed by atoms with van der Waals surface area (Å²) < 4.78 is 21.8. The molecule has 3 aromatic carbocycles. The van der Waals surface area contributed by atoms with Crippen LogP contribution in [0.2, 0.25) is 5.04 Å². The third kappa shape index (κ3) is 7.67. The van der Waals surface area contributed by atoms with Crippen molar-refractivity contribution in [2.75, 3.05) is 18.2 Å². The van der Waals surface area contributed by atoms with E-state index >= 15 is 0 Å². The Balaban J connectivity index is 1.41. The van der Waals surface area contributed by atoms with Gasteiger partial charge >= 0.3 is 5.69 Å². The van der Waals surface area contributed by atoms with E-state index in [0.717, 1.165) is 0 Å². The highest BCUT2D eigenvalue weighted by molar-refractivity contribution is 8.76. The van der Waals surface area contributed by atoms with Crippen LogP contribution in [-0.2, 0) is 13.9 Å². The van der Waals surface area contributed by atoms with Gasteiger partial charge in [-0.15, -0.1) is 0 Å². The lowest BCUT2D eigenvalue weighted by Gasteiger charge is -2.43. The van der Waals surface area contributed by atoms with Crippen molar-refractivity contribution in [1.29, 1.82) is 0 Å². The van der Waals surface area contributed by atoms with Crippen molar-refractivity contribution in [3.8, 4) is 0 Å². The van der Waals surface area contributed by atoms with Gasteiger partial charge in [0.2, 0.25) is 0 Å². The van der Waals surface area contributed by atoms with Crippen LogP contribution in [-0.4, -0.2) is 54.3 Å². The molecule has 1 unspecified atom stereocenters. The Bertz CT molecular complexity index is 1600. The fraction of sp³-hybridized carbons (Fsp3) is 0.343. The van der Waals surface area contributed by atoms with Gasteiger partial charge < -0.3 is 19.2 Å². The highest BCUT2D eigenvalue weighted by atomic mass is 33.1. The number of carbonyl (C=O) groups is 1. The number of nitrogens with zero attached hydrogens (tertiary/aromatic N) is 2. The van der Waals surface area contributed by atoms with Crippen molar-refractivity contribution >= 4 is 52.0 Å². The van der Waals surface area contributed by atoms with Gasteiger partial charge in [-0.25, -0.2) is 4.79 Å². The van der Waals surface area contributed by atoms with Crippen LogP contribution < -0.4 is 21.4 Å². The van der Waals surface area contributed by atoms with Crippen molar-refractivity contribution in [2.24, 2.45) is 0 Å². The van der Waals surface area contributed by atoms with Gasteiger partial charge in [-0.3, -0.25) is 9.36 Å². The Labute approximate surface area is 279 Å². The molecule has 4 aromatic rings. The molecule has 4 atom stereocenters. The average molecular weight is 676 g/mol. The van der Waals surface area contributed by atoms with Crippen molar-refractivity contribution in [2.45, 2.75) is 63.0 Å². The average Bonchev–Trinajstić information content (AvgIpc) is 3.44. The fourth-order valence-corrected chi connectivity index (χ4v) is 12.0. The SMILES string of the molecule is CSS[C@@H](C)OC1C[C@H](n2ccc(NC(=O)c3ccccc3)nc2=O)O[C@@H]1CO[Si](c1ccccc1)(c1ccccc1)C(C)(C)C. The minimum Gasteiger partial charge on any atom is -0.405 e. The van der Waals surface area contributed by atoms with Gasteiger partial charge in [0.05, 0.1) is 12.7 Å². The van der Waals surface area contributed by atoms with E-state index in [4.69, 9.17) is 13.9 Å². The molecule has 0 saturated carbocycles. The van der Waals surface area contributed by atoms with Gasteiger partial charge in [0.1, 0.15) is 23.6 Å². The van der Waals surface area contributed by atoms with E-state index in [2.05, 4.69) is 79.6 Å². The lowest BCUT2D eigenvalue weighted by Crippen LogP contribution is -2.67. The molecule has 46 heavy (non-hydrogen) atoms. The van der Waals surface area contributed by atoms with Crippen LogP contribution >= 0.6 is 21.6 Å². The van der Waals surface area contributed by atoms with Gasteiger partial charge in [-0.2, -0.15) is 4.98 Å². The Morgan fingerprint density at radius 3 is 2.13 bits per heavy atom. The zero-order valence-electron chi connectivity index (χ0n) is 26.8. The quantitative estimate of drug-likeness (QED) is 0.109. The second-order valence-corrected chi connectivity index (χ2v) is 19.2. The van der Waals surface area contributed by atoms with Gasteiger partial charge in [0, 0.05) is 18.2 Å². The molecule has 0 aliphatic carbocycles. The number of benzene rings is 3. The fourth-order valence-electron chi connectivity index (χ4n) is 6.02. The maximum absolute atomic E-state index is 13.2. The molecule has 2 heterocycles. The molecule has 1 saturated heterocycles. The van der Waals surface area contributed by atoms with Crippen molar-refractivity contribution < 1.29 is 18.7 Å². The zero-order valence-corrected chi connectivity index (χ0v) is 29.4. The summed E-state index contributed by atoms with van der Waals surface area (Å²) in [4.78, 5) is 30.0. The van der Waals surface area contributed by atoms with Crippen LogP contribution in [0.5, 0.6) is 0 Å². The monoisotopic (exact) mass is 675 g/mol. The molecule has 0 radical (unpaired) electrons.